The SMILES string of the molecule is CC1(C)[C]=C2OC=CC=C2C1. The molecule has 0 aromatic rings. The maximum Gasteiger partial charge on any atom is 0.133 e. The third-order valence-corrected chi connectivity index (χ3v) is 1.94. The zero-order valence-corrected chi connectivity index (χ0v) is 6.85. The van der Waals surface area contributed by atoms with E-state index in [0.717, 1.165) is 12.2 Å². The molecule has 0 atom stereocenters. The molecular weight excluding hydrogens is 136 g/mol. The van der Waals surface area contributed by atoms with Crippen LogP contribution < -0.4 is 0 Å². The van der Waals surface area contributed by atoms with E-state index in [0.29, 0.717) is 0 Å². The Kier molecular flexibility index (Phi) is 1.22. The van der Waals surface area contributed by atoms with E-state index in [9.17, 15) is 0 Å². The second-order valence-electron chi connectivity index (χ2n) is 3.65. The first kappa shape index (κ1) is 6.71. The summed E-state index contributed by atoms with van der Waals surface area (Å²) in [6, 6.07) is 0. The summed E-state index contributed by atoms with van der Waals surface area (Å²) in [6.07, 6.45) is 10.1. The van der Waals surface area contributed by atoms with E-state index in [1.165, 1.54) is 5.57 Å². The number of ether oxygens (including phenoxy) is 1. The molecule has 2 aliphatic rings. The number of fused-ring (bicyclic) bond motifs is 1. The van der Waals surface area contributed by atoms with Gasteiger partial charge in [-0.15, -0.1) is 0 Å². The van der Waals surface area contributed by atoms with Gasteiger partial charge in [0.05, 0.1) is 6.26 Å². The van der Waals surface area contributed by atoms with Crippen molar-refractivity contribution in [2.45, 2.75) is 20.3 Å². The van der Waals surface area contributed by atoms with Gasteiger partial charge in [0.2, 0.25) is 0 Å². The maximum atomic E-state index is 5.29. The molecule has 1 heteroatoms. The lowest BCUT2D eigenvalue weighted by molar-refractivity contribution is 0.356. The van der Waals surface area contributed by atoms with E-state index >= 15 is 0 Å². The predicted octanol–water partition coefficient (Wildman–Crippen LogP) is 2.57. The van der Waals surface area contributed by atoms with Gasteiger partial charge in [-0.25, -0.2) is 0 Å². The van der Waals surface area contributed by atoms with Crippen LogP contribution in [0.25, 0.3) is 0 Å². The number of rotatable bonds is 0. The van der Waals surface area contributed by atoms with Crippen LogP contribution in [-0.2, 0) is 4.74 Å². The Morgan fingerprint density at radius 2 is 2.36 bits per heavy atom. The van der Waals surface area contributed by atoms with E-state index in [1.54, 1.807) is 6.26 Å². The summed E-state index contributed by atoms with van der Waals surface area (Å²) in [5, 5.41) is 0. The van der Waals surface area contributed by atoms with Gasteiger partial charge in [0.1, 0.15) is 5.76 Å². The predicted molar refractivity (Wildman–Crippen MR) is 43.5 cm³/mol. The first-order valence-corrected chi connectivity index (χ1v) is 3.85. The molecule has 2 rings (SSSR count). The van der Waals surface area contributed by atoms with Crippen molar-refractivity contribution >= 4 is 0 Å². The van der Waals surface area contributed by atoms with Crippen LogP contribution in [0.2, 0.25) is 0 Å². The highest BCUT2D eigenvalue weighted by atomic mass is 16.5. The lowest BCUT2D eigenvalue weighted by Crippen LogP contribution is -2.02. The molecule has 1 nitrogen and oxygen atoms in total. The topological polar surface area (TPSA) is 9.23 Å². The first-order valence-electron chi connectivity index (χ1n) is 3.85. The Balaban J connectivity index is 2.36. The largest absolute Gasteiger partial charge is 0.464 e. The molecule has 0 spiro atoms. The Bertz CT molecular complexity index is 267. The highest BCUT2D eigenvalue weighted by Gasteiger charge is 2.29. The second kappa shape index (κ2) is 2.00. The fraction of sp³-hybridized carbons (Fsp3) is 0.400. The molecule has 0 bridgehead atoms. The Morgan fingerprint density at radius 1 is 1.55 bits per heavy atom. The van der Waals surface area contributed by atoms with Gasteiger partial charge in [-0.1, -0.05) is 19.9 Å². The molecule has 1 aliphatic heterocycles. The molecule has 0 N–H and O–H groups in total. The van der Waals surface area contributed by atoms with Crippen molar-refractivity contribution in [1.29, 1.82) is 0 Å². The third-order valence-electron chi connectivity index (χ3n) is 1.94. The van der Waals surface area contributed by atoms with Crippen LogP contribution >= 0.6 is 0 Å². The van der Waals surface area contributed by atoms with Gasteiger partial charge in [-0.2, -0.15) is 0 Å². The number of hydrogen-bond donors (Lipinski definition) is 0. The smallest absolute Gasteiger partial charge is 0.133 e. The van der Waals surface area contributed by atoms with Gasteiger partial charge in [0.25, 0.3) is 0 Å². The molecule has 11 heavy (non-hydrogen) atoms. The fourth-order valence-corrected chi connectivity index (χ4v) is 1.49. The van der Waals surface area contributed by atoms with Crippen molar-refractivity contribution in [3.63, 3.8) is 0 Å². The van der Waals surface area contributed by atoms with Crippen molar-refractivity contribution in [3.05, 3.63) is 35.8 Å². The van der Waals surface area contributed by atoms with E-state index in [2.05, 4.69) is 26.0 Å². The van der Waals surface area contributed by atoms with E-state index in [4.69, 9.17) is 4.74 Å². The summed E-state index contributed by atoms with van der Waals surface area (Å²) in [7, 11) is 0. The molecule has 0 saturated heterocycles. The van der Waals surface area contributed by atoms with Gasteiger partial charge >= 0.3 is 0 Å². The van der Waals surface area contributed by atoms with Crippen molar-refractivity contribution in [1.82, 2.24) is 0 Å². The highest BCUT2D eigenvalue weighted by Crippen LogP contribution is 2.39. The summed E-state index contributed by atoms with van der Waals surface area (Å²) in [5.41, 5.74) is 1.44. The maximum absolute atomic E-state index is 5.29. The first-order chi connectivity index (χ1) is 5.17. The molecule has 0 aromatic heterocycles. The fourth-order valence-electron chi connectivity index (χ4n) is 1.49. The molecule has 0 amide bonds. The van der Waals surface area contributed by atoms with E-state index in [-0.39, 0.29) is 5.41 Å². The molecule has 57 valence electrons. The van der Waals surface area contributed by atoms with Gasteiger partial charge in [-0.3, -0.25) is 0 Å². The van der Waals surface area contributed by atoms with Crippen LogP contribution in [0.1, 0.15) is 20.3 Å². The van der Waals surface area contributed by atoms with Crippen molar-refractivity contribution in [3.8, 4) is 0 Å². The average Bonchev–Trinajstić information content (AvgIpc) is 2.21. The molecule has 0 aromatic carbocycles. The van der Waals surface area contributed by atoms with Crippen LogP contribution in [0.15, 0.2) is 29.7 Å². The Labute approximate surface area is 67.1 Å². The third kappa shape index (κ3) is 1.11. The minimum absolute atomic E-state index is 0.160. The zero-order valence-electron chi connectivity index (χ0n) is 6.85. The molecule has 0 fully saturated rings. The lowest BCUT2D eigenvalue weighted by atomic mass is 9.92. The quantitative estimate of drug-likeness (QED) is 0.511. The van der Waals surface area contributed by atoms with Crippen LogP contribution in [0, 0.1) is 11.5 Å². The van der Waals surface area contributed by atoms with E-state index < -0.39 is 0 Å². The van der Waals surface area contributed by atoms with Crippen molar-refractivity contribution in [2.75, 3.05) is 0 Å². The van der Waals surface area contributed by atoms with Gasteiger partial charge in [0.15, 0.2) is 0 Å². The van der Waals surface area contributed by atoms with Crippen molar-refractivity contribution < 1.29 is 4.74 Å². The lowest BCUT2D eigenvalue weighted by Gasteiger charge is -2.11. The number of allylic oxidation sites excluding steroid dienone is 4. The molecule has 1 aliphatic carbocycles. The van der Waals surface area contributed by atoms with Crippen molar-refractivity contribution in [2.24, 2.45) is 5.41 Å². The van der Waals surface area contributed by atoms with Crippen LogP contribution in [-0.4, -0.2) is 0 Å². The van der Waals surface area contributed by atoms with Gasteiger partial charge < -0.3 is 4.74 Å². The second-order valence-corrected chi connectivity index (χ2v) is 3.65. The normalized spacial score (nSPS) is 25.3. The zero-order chi connectivity index (χ0) is 7.90. The van der Waals surface area contributed by atoms with Crippen LogP contribution in [0.4, 0.5) is 0 Å². The van der Waals surface area contributed by atoms with Gasteiger partial charge in [0, 0.05) is 6.08 Å². The summed E-state index contributed by atoms with van der Waals surface area (Å²) in [5.74, 6) is 0.928. The standard InChI is InChI=1S/C10H11O/c1-10(2)6-8-4-3-5-11-9(8)7-10/h3-5H,6H2,1-2H3. The van der Waals surface area contributed by atoms with Crippen LogP contribution in [0.5, 0.6) is 0 Å². The Morgan fingerprint density at radius 3 is 3.09 bits per heavy atom. The monoisotopic (exact) mass is 147 g/mol. The van der Waals surface area contributed by atoms with Gasteiger partial charge in [-0.05, 0) is 23.5 Å². The minimum atomic E-state index is 0.160. The Hall–Kier alpha value is -0.980. The molecule has 0 unspecified atom stereocenters. The van der Waals surface area contributed by atoms with E-state index in [1.807, 2.05) is 6.08 Å². The van der Waals surface area contributed by atoms with Crippen LogP contribution in [0.3, 0.4) is 0 Å². The molecule has 0 saturated carbocycles. The molecular formula is C10H11O. The average molecular weight is 147 g/mol. The summed E-state index contributed by atoms with van der Waals surface area (Å²) >= 11 is 0. The summed E-state index contributed by atoms with van der Waals surface area (Å²) in [4.78, 5) is 0. The number of hydrogen-bond acceptors (Lipinski definition) is 1. The minimum Gasteiger partial charge on any atom is -0.464 e. The summed E-state index contributed by atoms with van der Waals surface area (Å²) < 4.78 is 5.29. The molecule has 1 radical (unpaired) electrons. The molecule has 1 heterocycles. The summed E-state index contributed by atoms with van der Waals surface area (Å²) in [6.45, 7) is 4.34. The highest BCUT2D eigenvalue weighted by molar-refractivity contribution is 5.37.